The number of aryl methyl sites for hydroxylation is 1. The van der Waals surface area contributed by atoms with Crippen molar-refractivity contribution < 1.29 is 9.90 Å². The van der Waals surface area contributed by atoms with Crippen LogP contribution in [0.4, 0.5) is 0 Å². The minimum absolute atomic E-state index is 0.0920. The molecule has 1 aliphatic rings. The van der Waals surface area contributed by atoms with E-state index in [1.165, 1.54) is 0 Å². The van der Waals surface area contributed by atoms with Crippen LogP contribution in [0.5, 0.6) is 0 Å². The Balaban J connectivity index is 2.17. The van der Waals surface area contributed by atoms with E-state index in [1.807, 2.05) is 11.8 Å². The molecule has 1 saturated heterocycles. The third kappa shape index (κ3) is 4.07. The third-order valence-electron chi connectivity index (χ3n) is 3.84. The first-order valence-corrected chi connectivity index (χ1v) is 8.23. The maximum absolute atomic E-state index is 12.1. The maximum Gasteiger partial charge on any atom is 0.348 e. The molecule has 2 heterocycles. The summed E-state index contributed by atoms with van der Waals surface area (Å²) in [5.41, 5.74) is 1.61. The van der Waals surface area contributed by atoms with Gasteiger partial charge in [-0.15, -0.1) is 0 Å². The largest absolute Gasteiger partial charge is 0.481 e. The maximum atomic E-state index is 12.1. The van der Waals surface area contributed by atoms with E-state index in [2.05, 4.69) is 9.88 Å². The molecule has 1 fully saturated rings. The molecule has 1 aliphatic heterocycles. The molecule has 0 aromatic carbocycles. The number of nitrogens with zero attached hydrogens (tertiary/aromatic N) is 3. The van der Waals surface area contributed by atoms with Crippen molar-refractivity contribution in [3.63, 3.8) is 0 Å². The molecule has 0 radical (unpaired) electrons. The summed E-state index contributed by atoms with van der Waals surface area (Å²) in [6.45, 7) is 6.95. The van der Waals surface area contributed by atoms with E-state index in [0.717, 1.165) is 36.8 Å². The summed E-state index contributed by atoms with van der Waals surface area (Å²) in [5, 5.41) is 8.98. The molecule has 1 aromatic rings. The number of hydrogen-bond donors (Lipinski definition) is 1. The molecule has 7 heteroatoms. The van der Waals surface area contributed by atoms with Gasteiger partial charge in [0.1, 0.15) is 0 Å². The van der Waals surface area contributed by atoms with Gasteiger partial charge in [-0.05, 0) is 13.8 Å². The fourth-order valence-electron chi connectivity index (χ4n) is 2.58. The Labute approximate surface area is 128 Å². The fraction of sp³-hybridized carbons (Fsp3) is 0.643. The van der Waals surface area contributed by atoms with Crippen LogP contribution in [-0.4, -0.2) is 56.7 Å². The van der Waals surface area contributed by atoms with E-state index in [-0.39, 0.29) is 12.1 Å². The molecule has 0 bridgehead atoms. The van der Waals surface area contributed by atoms with Crippen LogP contribution < -0.4 is 5.69 Å². The van der Waals surface area contributed by atoms with Crippen LogP contribution in [0.1, 0.15) is 17.0 Å². The Morgan fingerprint density at radius 3 is 2.57 bits per heavy atom. The van der Waals surface area contributed by atoms with E-state index in [0.29, 0.717) is 17.8 Å². The highest BCUT2D eigenvalue weighted by atomic mass is 32.2. The number of rotatable bonds is 5. The zero-order valence-electron chi connectivity index (χ0n) is 12.5. The first-order valence-electron chi connectivity index (χ1n) is 7.08. The van der Waals surface area contributed by atoms with E-state index in [9.17, 15) is 9.59 Å². The summed E-state index contributed by atoms with van der Waals surface area (Å²) in [7, 11) is 0. The molecular weight excluding hydrogens is 290 g/mol. The van der Waals surface area contributed by atoms with Crippen molar-refractivity contribution in [2.75, 3.05) is 31.1 Å². The first-order chi connectivity index (χ1) is 9.99. The molecule has 0 amide bonds. The lowest BCUT2D eigenvalue weighted by Gasteiger charge is -2.26. The van der Waals surface area contributed by atoms with Crippen molar-refractivity contribution in [3.05, 3.63) is 27.4 Å². The van der Waals surface area contributed by atoms with Crippen LogP contribution >= 0.6 is 11.8 Å². The number of aromatic nitrogens is 2. The van der Waals surface area contributed by atoms with Crippen LogP contribution in [0.15, 0.2) is 4.79 Å². The highest BCUT2D eigenvalue weighted by Gasteiger charge is 2.16. The van der Waals surface area contributed by atoms with Crippen molar-refractivity contribution in [1.82, 2.24) is 14.5 Å². The molecule has 21 heavy (non-hydrogen) atoms. The van der Waals surface area contributed by atoms with Crippen LogP contribution in [0.25, 0.3) is 0 Å². The average molecular weight is 311 g/mol. The predicted molar refractivity (Wildman–Crippen MR) is 83.1 cm³/mol. The first kappa shape index (κ1) is 16.0. The minimum atomic E-state index is -0.902. The van der Waals surface area contributed by atoms with Gasteiger partial charge < -0.3 is 5.11 Å². The van der Waals surface area contributed by atoms with Gasteiger partial charge >= 0.3 is 11.7 Å². The van der Waals surface area contributed by atoms with Crippen molar-refractivity contribution in [3.8, 4) is 0 Å². The zero-order valence-corrected chi connectivity index (χ0v) is 13.3. The summed E-state index contributed by atoms with van der Waals surface area (Å²) >= 11 is 1.95. The second-order valence-corrected chi connectivity index (χ2v) is 6.44. The highest BCUT2D eigenvalue weighted by molar-refractivity contribution is 7.99. The van der Waals surface area contributed by atoms with Gasteiger partial charge in [0.2, 0.25) is 0 Å². The van der Waals surface area contributed by atoms with Gasteiger partial charge in [0.15, 0.2) is 0 Å². The zero-order chi connectivity index (χ0) is 15.4. The molecule has 1 N–H and O–H groups in total. The van der Waals surface area contributed by atoms with E-state index in [4.69, 9.17) is 5.11 Å². The lowest BCUT2D eigenvalue weighted by molar-refractivity contribution is -0.136. The van der Waals surface area contributed by atoms with Crippen LogP contribution in [0, 0.1) is 13.8 Å². The van der Waals surface area contributed by atoms with E-state index >= 15 is 0 Å². The molecule has 2 rings (SSSR count). The summed E-state index contributed by atoms with van der Waals surface area (Å²) in [6, 6.07) is 0. The Bertz CT molecular complexity index is 580. The molecular formula is C14H21N3O3S. The summed E-state index contributed by atoms with van der Waals surface area (Å²) in [4.78, 5) is 29.3. The van der Waals surface area contributed by atoms with Gasteiger partial charge in [-0.25, -0.2) is 4.79 Å². The van der Waals surface area contributed by atoms with Crippen molar-refractivity contribution in [1.29, 1.82) is 0 Å². The molecule has 0 spiro atoms. The van der Waals surface area contributed by atoms with Gasteiger partial charge in [-0.1, -0.05) is 0 Å². The number of aliphatic carboxylic acids is 1. The number of thioether (sulfide) groups is 1. The molecule has 0 aliphatic carbocycles. The number of carbonyl (C=O) groups is 1. The topological polar surface area (TPSA) is 75.4 Å². The Hall–Kier alpha value is -1.34. The molecule has 116 valence electrons. The minimum Gasteiger partial charge on any atom is -0.481 e. The fourth-order valence-corrected chi connectivity index (χ4v) is 3.55. The van der Waals surface area contributed by atoms with Gasteiger partial charge in [0.05, 0.1) is 6.42 Å². The van der Waals surface area contributed by atoms with E-state index in [1.54, 1.807) is 18.4 Å². The summed E-state index contributed by atoms with van der Waals surface area (Å²) < 4.78 is 1.60. The SMILES string of the molecule is Cc1nc(=O)n(CCN2CCSCC2)c(C)c1CC(=O)O. The van der Waals surface area contributed by atoms with Gasteiger partial charge in [0, 0.05) is 54.6 Å². The Morgan fingerprint density at radius 2 is 1.95 bits per heavy atom. The van der Waals surface area contributed by atoms with Gasteiger partial charge in [-0.3, -0.25) is 14.3 Å². The molecule has 0 atom stereocenters. The Kier molecular flexibility index (Phi) is 5.41. The second kappa shape index (κ2) is 7.09. The molecule has 0 unspecified atom stereocenters. The molecule has 0 saturated carbocycles. The molecule has 6 nitrogen and oxygen atoms in total. The number of carboxylic acids is 1. The molecule has 1 aromatic heterocycles. The number of carboxylic acid groups (broad SMARTS) is 1. The second-order valence-electron chi connectivity index (χ2n) is 5.22. The monoisotopic (exact) mass is 311 g/mol. The highest BCUT2D eigenvalue weighted by Crippen LogP contribution is 2.12. The predicted octanol–water partition coefficient (Wildman–Crippen LogP) is 0.536. The lowest BCUT2D eigenvalue weighted by atomic mass is 10.1. The van der Waals surface area contributed by atoms with Crippen molar-refractivity contribution in [2.24, 2.45) is 0 Å². The van der Waals surface area contributed by atoms with E-state index < -0.39 is 5.97 Å². The van der Waals surface area contributed by atoms with Crippen LogP contribution in [-0.2, 0) is 17.8 Å². The summed E-state index contributed by atoms with van der Waals surface area (Å²) in [6.07, 6.45) is -0.0920. The smallest absolute Gasteiger partial charge is 0.348 e. The van der Waals surface area contributed by atoms with Crippen LogP contribution in [0.2, 0.25) is 0 Å². The van der Waals surface area contributed by atoms with Gasteiger partial charge in [0.25, 0.3) is 0 Å². The lowest BCUT2D eigenvalue weighted by Crippen LogP contribution is -2.38. The van der Waals surface area contributed by atoms with Crippen molar-refractivity contribution >= 4 is 17.7 Å². The average Bonchev–Trinajstić information content (AvgIpc) is 2.44. The van der Waals surface area contributed by atoms with Crippen molar-refractivity contribution in [2.45, 2.75) is 26.8 Å². The quantitative estimate of drug-likeness (QED) is 0.855. The Morgan fingerprint density at radius 1 is 1.29 bits per heavy atom. The van der Waals surface area contributed by atoms with Crippen LogP contribution in [0.3, 0.4) is 0 Å². The standard InChI is InChI=1S/C14H21N3O3S/c1-10-12(9-13(18)19)11(2)17(14(20)15-10)4-3-16-5-7-21-8-6-16/h3-9H2,1-2H3,(H,18,19). The normalized spacial score (nSPS) is 16.1. The summed E-state index contributed by atoms with van der Waals surface area (Å²) in [5.74, 6) is 1.36. The number of hydrogen-bond acceptors (Lipinski definition) is 5. The van der Waals surface area contributed by atoms with Gasteiger partial charge in [-0.2, -0.15) is 16.7 Å². The third-order valence-corrected chi connectivity index (χ3v) is 4.79.